The van der Waals surface area contributed by atoms with Crippen LogP contribution in [0.15, 0.2) is 12.7 Å². The molecule has 1 unspecified atom stereocenters. The Balaban J connectivity index is 1.67. The largest absolute Gasteiger partial charge is 0.448 e. The Kier molecular flexibility index (Phi) is 7.78. The minimum absolute atomic E-state index is 0.00419. The summed E-state index contributed by atoms with van der Waals surface area (Å²) in [5.74, 6) is 0.00419. The zero-order chi connectivity index (χ0) is 12.3. The van der Waals surface area contributed by atoms with Crippen LogP contribution in [0.1, 0.15) is 70.6 Å². The molecule has 2 heteroatoms. The average molecular weight is 238 g/mol. The number of allylic oxidation sites excluding steroid dienone is 1. The first kappa shape index (κ1) is 14.3. The van der Waals surface area contributed by atoms with Crippen molar-refractivity contribution in [3.8, 4) is 0 Å². The number of rotatable bonds is 12. The van der Waals surface area contributed by atoms with E-state index in [2.05, 4.69) is 6.58 Å². The highest BCUT2D eigenvalue weighted by Gasteiger charge is 2.36. The van der Waals surface area contributed by atoms with Crippen LogP contribution in [0, 0.1) is 0 Å². The van der Waals surface area contributed by atoms with Gasteiger partial charge >= 0.3 is 5.97 Å². The molecule has 0 spiro atoms. The third-order valence-corrected chi connectivity index (χ3v) is 3.34. The van der Waals surface area contributed by atoms with Gasteiger partial charge in [-0.3, -0.25) is 0 Å². The Morgan fingerprint density at radius 1 is 0.941 bits per heavy atom. The first-order valence-electron chi connectivity index (χ1n) is 7.16. The molecule has 1 saturated heterocycles. The van der Waals surface area contributed by atoms with Gasteiger partial charge in [-0.1, -0.05) is 51.0 Å². The topological polar surface area (TPSA) is 29.6 Å². The van der Waals surface area contributed by atoms with Gasteiger partial charge < -0.3 is 4.74 Å². The van der Waals surface area contributed by atoms with Gasteiger partial charge in [0.05, 0.1) is 0 Å². The molecule has 1 atom stereocenters. The number of hydrogen-bond donors (Lipinski definition) is 0. The quantitative estimate of drug-likeness (QED) is 0.287. The number of ether oxygens (including phenoxy) is 1. The van der Waals surface area contributed by atoms with E-state index in [1.54, 1.807) is 0 Å². The van der Waals surface area contributed by atoms with Crippen molar-refractivity contribution < 1.29 is 9.53 Å². The molecule has 2 nitrogen and oxygen atoms in total. The summed E-state index contributed by atoms with van der Waals surface area (Å²) < 4.78 is 4.76. The Labute approximate surface area is 105 Å². The van der Waals surface area contributed by atoms with Crippen LogP contribution < -0.4 is 0 Å². The molecule has 0 N–H and O–H groups in total. The van der Waals surface area contributed by atoms with Gasteiger partial charge in [0, 0.05) is 0 Å². The fourth-order valence-electron chi connectivity index (χ4n) is 2.14. The molecule has 0 aromatic carbocycles. The molecule has 1 aliphatic rings. The fourth-order valence-corrected chi connectivity index (χ4v) is 2.14. The minimum Gasteiger partial charge on any atom is -0.448 e. The molecule has 0 radical (unpaired) electrons. The lowest BCUT2D eigenvalue weighted by molar-refractivity contribution is -0.117. The van der Waals surface area contributed by atoms with Crippen molar-refractivity contribution in [2.24, 2.45) is 0 Å². The van der Waals surface area contributed by atoms with Gasteiger partial charge in [-0.2, -0.15) is 0 Å². The summed E-state index contributed by atoms with van der Waals surface area (Å²) in [6.45, 7) is 3.73. The number of carbonyl (C=O) groups excluding carboxylic acids is 1. The average Bonchev–Trinajstić information content (AvgIpc) is 3.02. The molecule has 0 aliphatic carbocycles. The lowest BCUT2D eigenvalue weighted by Crippen LogP contribution is -1.88. The summed E-state index contributed by atoms with van der Waals surface area (Å²) in [4.78, 5) is 10.6. The zero-order valence-electron chi connectivity index (χ0n) is 11.0. The minimum atomic E-state index is -0.0279. The lowest BCUT2D eigenvalue weighted by Gasteiger charge is -2.01. The van der Waals surface area contributed by atoms with Gasteiger partial charge in [-0.25, -0.2) is 4.79 Å². The highest BCUT2D eigenvalue weighted by atomic mass is 16.6. The molecular weight excluding hydrogens is 212 g/mol. The SMILES string of the molecule is C=CCCCCCCCCCCCC1OC1=O. The van der Waals surface area contributed by atoms with Gasteiger partial charge in [0.2, 0.25) is 0 Å². The van der Waals surface area contributed by atoms with Crippen LogP contribution in [0.4, 0.5) is 0 Å². The predicted molar refractivity (Wildman–Crippen MR) is 70.9 cm³/mol. The molecule has 1 rings (SSSR count). The molecule has 98 valence electrons. The van der Waals surface area contributed by atoms with Crippen molar-refractivity contribution in [1.29, 1.82) is 0 Å². The monoisotopic (exact) mass is 238 g/mol. The number of cyclic esters (lactones) is 1. The van der Waals surface area contributed by atoms with Crippen LogP contribution in [0.2, 0.25) is 0 Å². The summed E-state index contributed by atoms with van der Waals surface area (Å²) in [7, 11) is 0. The van der Waals surface area contributed by atoms with E-state index in [0.29, 0.717) is 0 Å². The second-order valence-electron chi connectivity index (χ2n) is 4.97. The van der Waals surface area contributed by atoms with Gasteiger partial charge in [0.25, 0.3) is 0 Å². The normalized spacial score (nSPS) is 17.9. The van der Waals surface area contributed by atoms with Crippen LogP contribution in [0.5, 0.6) is 0 Å². The summed E-state index contributed by atoms with van der Waals surface area (Å²) in [6, 6.07) is 0. The van der Waals surface area contributed by atoms with Gasteiger partial charge in [-0.15, -0.1) is 6.58 Å². The van der Waals surface area contributed by atoms with Crippen LogP contribution in [0.25, 0.3) is 0 Å². The van der Waals surface area contributed by atoms with E-state index in [1.807, 2.05) is 6.08 Å². The third kappa shape index (κ3) is 8.00. The molecule has 17 heavy (non-hydrogen) atoms. The second kappa shape index (κ2) is 9.26. The smallest absolute Gasteiger partial charge is 0.348 e. The first-order valence-corrected chi connectivity index (χ1v) is 7.16. The molecule has 0 saturated carbocycles. The van der Waals surface area contributed by atoms with E-state index in [-0.39, 0.29) is 12.1 Å². The maximum absolute atomic E-state index is 10.6. The van der Waals surface area contributed by atoms with Crippen LogP contribution >= 0.6 is 0 Å². The van der Waals surface area contributed by atoms with E-state index >= 15 is 0 Å². The van der Waals surface area contributed by atoms with Gasteiger partial charge in [0.1, 0.15) is 0 Å². The van der Waals surface area contributed by atoms with Crippen LogP contribution in [-0.4, -0.2) is 12.1 Å². The number of carbonyl (C=O) groups is 1. The molecule has 0 aromatic heterocycles. The van der Waals surface area contributed by atoms with Gasteiger partial charge in [-0.05, 0) is 25.7 Å². The van der Waals surface area contributed by atoms with E-state index < -0.39 is 0 Å². The van der Waals surface area contributed by atoms with E-state index in [4.69, 9.17) is 4.74 Å². The van der Waals surface area contributed by atoms with Crippen molar-refractivity contribution in [3.05, 3.63) is 12.7 Å². The molecule has 1 fully saturated rings. The maximum Gasteiger partial charge on any atom is 0.348 e. The number of unbranched alkanes of at least 4 members (excludes halogenated alkanes) is 9. The highest BCUT2D eigenvalue weighted by Crippen LogP contribution is 2.20. The van der Waals surface area contributed by atoms with Crippen molar-refractivity contribution in [2.75, 3.05) is 0 Å². The molecule has 0 aromatic rings. The fraction of sp³-hybridized carbons (Fsp3) is 0.800. The molecular formula is C15H26O2. The Bertz CT molecular complexity index is 223. The second-order valence-corrected chi connectivity index (χ2v) is 4.97. The lowest BCUT2D eigenvalue weighted by atomic mass is 10.1. The molecule has 0 bridgehead atoms. The Morgan fingerprint density at radius 3 is 1.88 bits per heavy atom. The molecule has 1 heterocycles. The summed E-state index contributed by atoms with van der Waals surface area (Å²) >= 11 is 0. The third-order valence-electron chi connectivity index (χ3n) is 3.34. The van der Waals surface area contributed by atoms with E-state index in [1.165, 1.54) is 57.8 Å². The van der Waals surface area contributed by atoms with E-state index in [0.717, 1.165) is 12.8 Å². The highest BCUT2D eigenvalue weighted by molar-refractivity contribution is 5.87. The predicted octanol–water partition coefficient (Wildman–Crippen LogP) is 4.39. The van der Waals surface area contributed by atoms with Crippen molar-refractivity contribution in [1.82, 2.24) is 0 Å². The van der Waals surface area contributed by atoms with E-state index in [9.17, 15) is 4.79 Å². The summed E-state index contributed by atoms with van der Waals surface area (Å²) in [6.07, 6.45) is 15.9. The molecule has 1 aliphatic heterocycles. The standard InChI is InChI=1S/C15H26O2/c1-2-3-4-5-6-7-8-9-10-11-12-13-14-15(16)17-14/h2,14H,1,3-13H2. The van der Waals surface area contributed by atoms with Crippen molar-refractivity contribution in [2.45, 2.75) is 76.7 Å². The summed E-state index contributed by atoms with van der Waals surface area (Å²) in [5.41, 5.74) is 0. The number of hydrogen-bond acceptors (Lipinski definition) is 2. The van der Waals surface area contributed by atoms with Crippen LogP contribution in [-0.2, 0) is 9.53 Å². The van der Waals surface area contributed by atoms with Gasteiger partial charge in [0.15, 0.2) is 6.10 Å². The van der Waals surface area contributed by atoms with Crippen molar-refractivity contribution >= 4 is 5.97 Å². The first-order chi connectivity index (χ1) is 8.34. The zero-order valence-corrected chi connectivity index (χ0v) is 11.0. The Hall–Kier alpha value is -0.790. The summed E-state index contributed by atoms with van der Waals surface area (Å²) in [5, 5.41) is 0. The maximum atomic E-state index is 10.6. The van der Waals surface area contributed by atoms with Crippen molar-refractivity contribution in [3.63, 3.8) is 0 Å². The molecule has 0 amide bonds. The Morgan fingerprint density at radius 2 is 1.41 bits per heavy atom. The van der Waals surface area contributed by atoms with Crippen LogP contribution in [0.3, 0.4) is 0 Å². The number of epoxide rings is 1.